The quantitative estimate of drug-likeness (QED) is 0.321. The van der Waals surface area contributed by atoms with Crippen LogP contribution in [0.3, 0.4) is 0 Å². The highest BCUT2D eigenvalue weighted by Crippen LogP contribution is 2.12. The molecule has 0 fully saturated rings. The van der Waals surface area contributed by atoms with Gasteiger partial charge in [-0.25, -0.2) is 4.98 Å². The number of nitrogens with zero attached hydrogens (tertiary/aromatic N) is 4. The van der Waals surface area contributed by atoms with Crippen LogP contribution in [-0.2, 0) is 24.3 Å². The number of hydrogen-bond donors (Lipinski definition) is 2. The smallest absolute Gasteiger partial charge is 0.251 e. The highest BCUT2D eigenvalue weighted by atomic mass is 16.2. The Labute approximate surface area is 220 Å². The molecule has 0 unspecified atom stereocenters. The fourth-order valence-corrected chi connectivity index (χ4v) is 4.38. The van der Waals surface area contributed by atoms with Crippen LogP contribution in [0.2, 0.25) is 0 Å². The lowest BCUT2D eigenvalue weighted by atomic mass is 10.1. The van der Waals surface area contributed by atoms with Crippen LogP contribution in [0, 0.1) is 0 Å². The van der Waals surface area contributed by atoms with Crippen LogP contribution < -0.4 is 5.32 Å². The number of carbonyl (C=O) groups is 2. The summed E-state index contributed by atoms with van der Waals surface area (Å²) in [6.45, 7) is 11.4. The van der Waals surface area contributed by atoms with Crippen LogP contribution in [-0.4, -0.2) is 61.7 Å². The summed E-state index contributed by atoms with van der Waals surface area (Å²) < 4.78 is 0. The summed E-state index contributed by atoms with van der Waals surface area (Å²) in [5.74, 6) is 0.607. The first-order valence-electron chi connectivity index (χ1n) is 13.1. The second-order valence-corrected chi connectivity index (χ2v) is 9.87. The van der Waals surface area contributed by atoms with E-state index >= 15 is 0 Å². The molecule has 2 aromatic heterocycles. The van der Waals surface area contributed by atoms with Crippen molar-refractivity contribution in [1.29, 1.82) is 0 Å². The largest absolute Gasteiger partial charge is 0.352 e. The first-order chi connectivity index (χ1) is 17.8. The number of amides is 2. The maximum absolute atomic E-state index is 13.1. The molecule has 2 heterocycles. The van der Waals surface area contributed by atoms with Gasteiger partial charge in [-0.2, -0.15) is 0 Å². The Morgan fingerprint density at radius 2 is 1.68 bits per heavy atom. The van der Waals surface area contributed by atoms with Gasteiger partial charge in [-0.05, 0) is 76.9 Å². The number of benzene rings is 1. The topological polar surface area (TPSA) is 94.2 Å². The van der Waals surface area contributed by atoms with E-state index in [4.69, 9.17) is 0 Å². The van der Waals surface area contributed by atoms with E-state index in [2.05, 4.69) is 52.9 Å². The van der Waals surface area contributed by atoms with Crippen LogP contribution in [0.15, 0.2) is 61.1 Å². The van der Waals surface area contributed by atoms with E-state index in [9.17, 15) is 9.59 Å². The molecule has 0 spiro atoms. The molecule has 0 radical (unpaired) electrons. The van der Waals surface area contributed by atoms with Gasteiger partial charge in [0.1, 0.15) is 5.82 Å². The van der Waals surface area contributed by atoms with Crippen molar-refractivity contribution in [3.8, 4) is 0 Å². The number of unbranched alkanes of at least 4 members (excludes halogenated alkanes) is 1. The molecule has 0 aliphatic rings. The molecular formula is C29H40N6O2. The average Bonchev–Trinajstić information content (AvgIpc) is 3.39. The zero-order chi connectivity index (χ0) is 26.6. The number of carbonyl (C=O) groups excluding carboxylic acids is 2. The van der Waals surface area contributed by atoms with Crippen LogP contribution in [0.1, 0.15) is 68.0 Å². The van der Waals surface area contributed by atoms with Crippen LogP contribution in [0.25, 0.3) is 0 Å². The highest BCUT2D eigenvalue weighted by molar-refractivity contribution is 5.94. The molecular weight excluding hydrogens is 464 g/mol. The van der Waals surface area contributed by atoms with Crippen molar-refractivity contribution >= 4 is 11.8 Å². The second kappa shape index (κ2) is 14.3. The lowest BCUT2D eigenvalue weighted by Crippen LogP contribution is -2.38. The molecule has 2 amide bonds. The predicted octanol–water partition coefficient (Wildman–Crippen LogP) is 4.21. The van der Waals surface area contributed by atoms with Gasteiger partial charge in [0.15, 0.2) is 0 Å². The molecule has 1 aromatic carbocycles. The van der Waals surface area contributed by atoms with Crippen LogP contribution in [0.5, 0.6) is 0 Å². The van der Waals surface area contributed by atoms with E-state index in [0.29, 0.717) is 37.3 Å². The number of nitrogens with one attached hydrogen (secondary N) is 2. The van der Waals surface area contributed by atoms with Gasteiger partial charge in [0.25, 0.3) is 5.91 Å². The molecule has 8 nitrogen and oxygen atoms in total. The van der Waals surface area contributed by atoms with Gasteiger partial charge in [0, 0.05) is 55.0 Å². The van der Waals surface area contributed by atoms with Crippen molar-refractivity contribution in [2.24, 2.45) is 0 Å². The van der Waals surface area contributed by atoms with E-state index in [-0.39, 0.29) is 18.2 Å². The van der Waals surface area contributed by atoms with Gasteiger partial charge in [-0.1, -0.05) is 18.2 Å². The third-order valence-electron chi connectivity index (χ3n) is 6.35. The molecule has 8 heteroatoms. The number of pyridine rings is 1. The maximum Gasteiger partial charge on any atom is 0.251 e. The fraction of sp³-hybridized carbons (Fsp3) is 0.448. The average molecular weight is 505 g/mol. The molecule has 198 valence electrons. The fourth-order valence-electron chi connectivity index (χ4n) is 4.38. The van der Waals surface area contributed by atoms with E-state index in [1.165, 1.54) is 0 Å². The molecule has 3 aromatic rings. The van der Waals surface area contributed by atoms with Crippen molar-refractivity contribution in [2.75, 3.05) is 13.1 Å². The second-order valence-electron chi connectivity index (χ2n) is 9.87. The number of hydrogen-bond acceptors (Lipinski definition) is 5. The molecule has 3 rings (SSSR count). The summed E-state index contributed by atoms with van der Waals surface area (Å²) in [6, 6.07) is 14.0. The Balaban J connectivity index is 1.52. The van der Waals surface area contributed by atoms with E-state index in [1.807, 2.05) is 42.5 Å². The van der Waals surface area contributed by atoms with Crippen LogP contribution >= 0.6 is 0 Å². The Hall–Kier alpha value is -3.52. The van der Waals surface area contributed by atoms with Crippen molar-refractivity contribution in [3.63, 3.8) is 0 Å². The summed E-state index contributed by atoms with van der Waals surface area (Å²) in [4.78, 5) is 41.5. The van der Waals surface area contributed by atoms with Crippen molar-refractivity contribution in [3.05, 3.63) is 83.7 Å². The Morgan fingerprint density at radius 1 is 0.919 bits per heavy atom. The Morgan fingerprint density at radius 3 is 2.30 bits per heavy atom. The summed E-state index contributed by atoms with van der Waals surface area (Å²) in [6.07, 6.45) is 7.32. The van der Waals surface area contributed by atoms with Crippen molar-refractivity contribution < 1.29 is 9.59 Å². The van der Waals surface area contributed by atoms with E-state index in [1.54, 1.807) is 23.5 Å². The summed E-state index contributed by atoms with van der Waals surface area (Å²) in [7, 11) is 0. The minimum Gasteiger partial charge on any atom is -0.352 e. The standard InChI is InChI=1S/C29H40N6O2/c1-22(2)35(23(3)4)18-8-7-15-33-29(37)25-12-10-24(11-13-25)20-34(21-27-31-16-17-32-27)28(36)19-26-9-5-6-14-30-26/h5-6,9-14,16-17,22-23H,7-8,15,18-21H2,1-4H3,(H,31,32)(H,33,37). The Bertz CT molecular complexity index is 1070. The zero-order valence-electron chi connectivity index (χ0n) is 22.5. The third kappa shape index (κ3) is 9.13. The van der Waals surface area contributed by atoms with Gasteiger partial charge < -0.3 is 15.2 Å². The lowest BCUT2D eigenvalue weighted by molar-refractivity contribution is -0.131. The highest BCUT2D eigenvalue weighted by Gasteiger charge is 2.17. The maximum atomic E-state index is 13.1. The number of H-pyrrole nitrogens is 1. The van der Waals surface area contributed by atoms with Crippen LogP contribution in [0.4, 0.5) is 0 Å². The first kappa shape index (κ1) is 28.1. The molecule has 2 N–H and O–H groups in total. The van der Waals surface area contributed by atoms with E-state index in [0.717, 1.165) is 36.5 Å². The van der Waals surface area contributed by atoms with Gasteiger partial charge in [0.2, 0.25) is 5.91 Å². The minimum atomic E-state index is -0.0743. The normalized spacial score (nSPS) is 11.3. The number of imidazole rings is 1. The summed E-state index contributed by atoms with van der Waals surface area (Å²) in [5.41, 5.74) is 2.29. The van der Waals surface area contributed by atoms with Gasteiger partial charge in [-0.15, -0.1) is 0 Å². The number of rotatable bonds is 14. The van der Waals surface area contributed by atoms with Gasteiger partial charge in [-0.3, -0.25) is 19.5 Å². The monoisotopic (exact) mass is 504 g/mol. The lowest BCUT2D eigenvalue weighted by Gasteiger charge is -2.30. The van der Waals surface area contributed by atoms with E-state index < -0.39 is 0 Å². The molecule has 0 atom stereocenters. The molecule has 0 aliphatic heterocycles. The van der Waals surface area contributed by atoms with Gasteiger partial charge >= 0.3 is 0 Å². The van der Waals surface area contributed by atoms with Crippen molar-refractivity contribution in [2.45, 2.75) is 72.1 Å². The number of aromatic amines is 1. The van der Waals surface area contributed by atoms with Gasteiger partial charge in [0.05, 0.1) is 13.0 Å². The molecule has 0 bridgehead atoms. The molecule has 0 aliphatic carbocycles. The first-order valence-corrected chi connectivity index (χ1v) is 13.1. The Kier molecular flexibility index (Phi) is 10.8. The molecule has 37 heavy (non-hydrogen) atoms. The molecule has 0 saturated heterocycles. The minimum absolute atomic E-state index is 0.0366. The van der Waals surface area contributed by atoms with Crippen molar-refractivity contribution in [1.82, 2.24) is 30.1 Å². The number of aromatic nitrogens is 3. The molecule has 0 saturated carbocycles. The summed E-state index contributed by atoms with van der Waals surface area (Å²) >= 11 is 0. The predicted molar refractivity (Wildman–Crippen MR) is 146 cm³/mol. The summed E-state index contributed by atoms with van der Waals surface area (Å²) in [5, 5.41) is 3.03. The SMILES string of the molecule is CC(C)N(CCCCNC(=O)c1ccc(CN(Cc2ncc[nH]2)C(=O)Cc2ccccn2)cc1)C(C)C. The third-order valence-corrected chi connectivity index (χ3v) is 6.35. The zero-order valence-corrected chi connectivity index (χ0v) is 22.5.